The third-order valence-corrected chi connectivity index (χ3v) is 4.82. The number of hydrogen-bond donors (Lipinski definition) is 0. The lowest BCUT2D eigenvalue weighted by Crippen LogP contribution is -1.95. The molecule has 0 N–H and O–H groups in total. The van der Waals surface area contributed by atoms with E-state index in [0.29, 0.717) is 12.4 Å². The summed E-state index contributed by atoms with van der Waals surface area (Å²) in [7, 11) is 0. The van der Waals surface area contributed by atoms with Crippen LogP contribution in [0.4, 0.5) is 0 Å². The number of thiophene rings is 1. The Labute approximate surface area is 151 Å². The highest BCUT2D eigenvalue weighted by molar-refractivity contribution is 7.12. The molecule has 2 heterocycles. The quantitative estimate of drug-likeness (QED) is 0.419. The Bertz CT molecular complexity index is 915. The number of aryl methyl sites for hydroxylation is 3. The maximum Gasteiger partial charge on any atom is 0.187 e. The Morgan fingerprint density at radius 2 is 1.96 bits per heavy atom. The van der Waals surface area contributed by atoms with Crippen molar-refractivity contribution in [3.8, 4) is 5.75 Å². The van der Waals surface area contributed by atoms with Gasteiger partial charge in [0.05, 0.1) is 0 Å². The fourth-order valence-corrected chi connectivity index (χ4v) is 3.48. The topological polar surface area (TPSA) is 39.4 Å². The van der Waals surface area contributed by atoms with Gasteiger partial charge in [0.15, 0.2) is 5.78 Å². The number of rotatable bonds is 6. The Morgan fingerprint density at radius 1 is 1.16 bits per heavy atom. The van der Waals surface area contributed by atoms with Crippen molar-refractivity contribution >= 4 is 23.2 Å². The van der Waals surface area contributed by atoms with Crippen LogP contribution >= 0.6 is 11.3 Å². The van der Waals surface area contributed by atoms with E-state index in [-0.39, 0.29) is 5.78 Å². The lowest BCUT2D eigenvalue weighted by molar-refractivity contribution is 0.104. The molecule has 0 aliphatic heterocycles. The molecule has 128 valence electrons. The van der Waals surface area contributed by atoms with Crippen LogP contribution in [0.3, 0.4) is 0 Å². The lowest BCUT2D eigenvalue weighted by atomic mass is 10.1. The highest BCUT2D eigenvalue weighted by atomic mass is 32.1. The lowest BCUT2D eigenvalue weighted by Gasteiger charge is -2.06. The van der Waals surface area contributed by atoms with Crippen LogP contribution in [-0.2, 0) is 6.61 Å². The second-order valence-corrected chi connectivity index (χ2v) is 7.34. The minimum Gasteiger partial charge on any atom is -0.485 e. The SMILES string of the molecule is Cc1cc(C(=O)/C=C/c2ccc(COc3ccccc3C)o2)c(C)s1. The highest BCUT2D eigenvalue weighted by Gasteiger charge is 2.09. The van der Waals surface area contributed by atoms with Crippen LogP contribution in [0, 0.1) is 20.8 Å². The predicted octanol–water partition coefficient (Wildman–Crippen LogP) is 5.74. The number of carbonyl (C=O) groups is 1. The molecule has 0 aliphatic carbocycles. The monoisotopic (exact) mass is 352 g/mol. The van der Waals surface area contributed by atoms with Crippen LogP contribution in [-0.4, -0.2) is 5.78 Å². The minimum absolute atomic E-state index is 0.00374. The van der Waals surface area contributed by atoms with E-state index in [1.54, 1.807) is 23.5 Å². The summed E-state index contributed by atoms with van der Waals surface area (Å²) in [6.07, 6.45) is 3.26. The van der Waals surface area contributed by atoms with Gasteiger partial charge in [0.25, 0.3) is 0 Å². The molecule has 0 aliphatic rings. The van der Waals surface area contributed by atoms with E-state index in [1.807, 2.05) is 63.2 Å². The van der Waals surface area contributed by atoms with Gasteiger partial charge in [0.2, 0.25) is 0 Å². The van der Waals surface area contributed by atoms with Gasteiger partial charge in [0.1, 0.15) is 23.9 Å². The highest BCUT2D eigenvalue weighted by Crippen LogP contribution is 2.22. The van der Waals surface area contributed by atoms with Crippen molar-refractivity contribution in [1.82, 2.24) is 0 Å². The molecule has 0 atom stereocenters. The number of hydrogen-bond acceptors (Lipinski definition) is 4. The zero-order chi connectivity index (χ0) is 17.8. The second-order valence-electron chi connectivity index (χ2n) is 5.88. The second kappa shape index (κ2) is 7.53. The minimum atomic E-state index is -0.00374. The summed E-state index contributed by atoms with van der Waals surface area (Å²) in [6.45, 7) is 6.33. The summed E-state index contributed by atoms with van der Waals surface area (Å²) in [5.41, 5.74) is 1.84. The van der Waals surface area contributed by atoms with Gasteiger partial charge < -0.3 is 9.15 Å². The maximum atomic E-state index is 12.3. The van der Waals surface area contributed by atoms with Crippen molar-refractivity contribution in [3.63, 3.8) is 0 Å². The molecule has 0 unspecified atom stereocenters. The third kappa shape index (κ3) is 4.28. The molecule has 2 aromatic heterocycles. The molecule has 0 bridgehead atoms. The molecule has 25 heavy (non-hydrogen) atoms. The van der Waals surface area contributed by atoms with Crippen LogP contribution in [0.15, 0.2) is 53.0 Å². The van der Waals surface area contributed by atoms with E-state index in [0.717, 1.165) is 32.4 Å². The predicted molar refractivity (Wildman–Crippen MR) is 101 cm³/mol. The van der Waals surface area contributed by atoms with E-state index in [1.165, 1.54) is 0 Å². The summed E-state index contributed by atoms with van der Waals surface area (Å²) in [5, 5.41) is 0. The Morgan fingerprint density at radius 3 is 2.68 bits per heavy atom. The van der Waals surface area contributed by atoms with E-state index < -0.39 is 0 Å². The van der Waals surface area contributed by atoms with Crippen molar-refractivity contribution < 1.29 is 13.9 Å². The van der Waals surface area contributed by atoms with Gasteiger partial charge in [-0.1, -0.05) is 18.2 Å². The number of benzene rings is 1. The zero-order valence-electron chi connectivity index (χ0n) is 14.5. The van der Waals surface area contributed by atoms with E-state index in [9.17, 15) is 4.79 Å². The molecular formula is C21H20O3S. The van der Waals surface area contributed by atoms with Gasteiger partial charge in [-0.25, -0.2) is 0 Å². The maximum absolute atomic E-state index is 12.3. The average molecular weight is 352 g/mol. The molecule has 0 radical (unpaired) electrons. The summed E-state index contributed by atoms with van der Waals surface area (Å²) in [5.74, 6) is 2.20. The molecule has 0 saturated carbocycles. The molecule has 3 aromatic rings. The first-order valence-corrected chi connectivity index (χ1v) is 8.91. The number of ether oxygens (including phenoxy) is 1. The summed E-state index contributed by atoms with van der Waals surface area (Å²) >= 11 is 1.63. The van der Waals surface area contributed by atoms with Gasteiger partial charge in [-0.2, -0.15) is 0 Å². The van der Waals surface area contributed by atoms with E-state index in [4.69, 9.17) is 9.15 Å². The van der Waals surface area contributed by atoms with Gasteiger partial charge in [0, 0.05) is 15.3 Å². The van der Waals surface area contributed by atoms with Crippen molar-refractivity contribution in [2.24, 2.45) is 0 Å². The first-order valence-electron chi connectivity index (χ1n) is 8.09. The molecule has 4 heteroatoms. The van der Waals surface area contributed by atoms with Crippen LogP contribution in [0.25, 0.3) is 6.08 Å². The summed E-state index contributed by atoms with van der Waals surface area (Å²) in [4.78, 5) is 14.4. The molecule has 0 fully saturated rings. The number of allylic oxidation sites excluding steroid dienone is 1. The number of furan rings is 1. The van der Waals surface area contributed by atoms with Gasteiger partial charge >= 0.3 is 0 Å². The number of carbonyl (C=O) groups excluding carboxylic acids is 1. The van der Waals surface area contributed by atoms with Gasteiger partial charge in [-0.3, -0.25) is 4.79 Å². The third-order valence-electron chi connectivity index (χ3n) is 3.85. The van der Waals surface area contributed by atoms with Crippen LogP contribution in [0.1, 0.15) is 37.2 Å². The standard InChI is InChI=1S/C21H20O3S/c1-14-6-4-5-7-21(14)23-13-18-9-8-17(24-18)10-11-20(22)19-12-15(2)25-16(19)3/h4-12H,13H2,1-3H3/b11-10+. The molecule has 0 saturated heterocycles. The molecular weight excluding hydrogens is 332 g/mol. The first-order chi connectivity index (χ1) is 12.0. The van der Waals surface area contributed by atoms with Crippen molar-refractivity contribution in [1.29, 1.82) is 0 Å². The fourth-order valence-electron chi connectivity index (χ4n) is 2.55. The molecule has 3 nitrogen and oxygen atoms in total. The van der Waals surface area contributed by atoms with Crippen LogP contribution in [0.2, 0.25) is 0 Å². The first kappa shape index (κ1) is 17.2. The smallest absolute Gasteiger partial charge is 0.187 e. The van der Waals surface area contributed by atoms with Gasteiger partial charge in [-0.05, 0) is 62.8 Å². The van der Waals surface area contributed by atoms with Gasteiger partial charge in [-0.15, -0.1) is 11.3 Å². The van der Waals surface area contributed by atoms with E-state index >= 15 is 0 Å². The van der Waals surface area contributed by atoms with Crippen LogP contribution in [0.5, 0.6) is 5.75 Å². The molecule has 0 amide bonds. The zero-order valence-corrected chi connectivity index (χ0v) is 15.4. The number of para-hydroxylation sites is 1. The van der Waals surface area contributed by atoms with Crippen molar-refractivity contribution in [3.05, 3.63) is 80.9 Å². The van der Waals surface area contributed by atoms with Crippen molar-refractivity contribution in [2.75, 3.05) is 0 Å². The van der Waals surface area contributed by atoms with Crippen molar-refractivity contribution in [2.45, 2.75) is 27.4 Å². The number of ketones is 1. The van der Waals surface area contributed by atoms with E-state index in [2.05, 4.69) is 0 Å². The molecule has 1 aromatic carbocycles. The summed E-state index contributed by atoms with van der Waals surface area (Å²) < 4.78 is 11.5. The molecule has 0 spiro atoms. The average Bonchev–Trinajstić information content (AvgIpc) is 3.18. The largest absolute Gasteiger partial charge is 0.485 e. The fraction of sp³-hybridized carbons (Fsp3) is 0.190. The Kier molecular flexibility index (Phi) is 5.19. The summed E-state index contributed by atoms with van der Waals surface area (Å²) in [6, 6.07) is 13.5. The Hall–Kier alpha value is -2.59. The normalized spacial score (nSPS) is 11.2. The molecule has 3 rings (SSSR count). The Balaban J connectivity index is 1.62. The van der Waals surface area contributed by atoms with Crippen LogP contribution < -0.4 is 4.74 Å².